The minimum Gasteiger partial charge on any atom is -0.493 e. The van der Waals surface area contributed by atoms with E-state index in [4.69, 9.17) is 9.47 Å². The molecule has 37 heavy (non-hydrogen) atoms. The van der Waals surface area contributed by atoms with Crippen LogP contribution >= 0.6 is 0 Å². The summed E-state index contributed by atoms with van der Waals surface area (Å²) >= 11 is 0. The Morgan fingerprint density at radius 3 is 2.32 bits per heavy atom. The summed E-state index contributed by atoms with van der Waals surface area (Å²) in [7, 11) is 2.95. The van der Waals surface area contributed by atoms with E-state index in [9.17, 15) is 14.4 Å². The number of hydrogen-bond acceptors (Lipinski definition) is 7. The van der Waals surface area contributed by atoms with Gasteiger partial charge in [0.25, 0.3) is 11.8 Å². The van der Waals surface area contributed by atoms with Gasteiger partial charge in [0.1, 0.15) is 0 Å². The lowest BCUT2D eigenvalue weighted by Crippen LogP contribution is -2.51. The van der Waals surface area contributed by atoms with Gasteiger partial charge in [-0.05, 0) is 36.4 Å². The van der Waals surface area contributed by atoms with Crippen molar-refractivity contribution in [3.63, 3.8) is 0 Å². The maximum Gasteiger partial charge on any atom is 0.257 e. The molecular formula is C27H29N5O5. The Morgan fingerprint density at radius 1 is 0.865 bits per heavy atom. The number of benzene rings is 2. The molecule has 192 valence electrons. The van der Waals surface area contributed by atoms with E-state index >= 15 is 0 Å². The summed E-state index contributed by atoms with van der Waals surface area (Å²) in [5.41, 5.74) is 2.26. The van der Waals surface area contributed by atoms with Crippen molar-refractivity contribution in [2.45, 2.75) is 0 Å². The van der Waals surface area contributed by atoms with E-state index in [1.54, 1.807) is 53.7 Å². The number of aromatic nitrogens is 1. The molecule has 0 atom stereocenters. The number of hydrogen-bond donors (Lipinski definition) is 2. The van der Waals surface area contributed by atoms with Crippen LogP contribution in [0.4, 0.5) is 11.4 Å². The Hall–Kier alpha value is -4.60. The molecule has 3 amide bonds. The molecule has 2 heterocycles. The SMILES string of the molecule is COc1cccc(C(=O)NCC(=O)N2CCN(c3ccccc3C(=O)Nc3cccnc3)CC2)c1OC. The number of para-hydroxylation sites is 2. The first-order valence-corrected chi connectivity index (χ1v) is 11.8. The topological polar surface area (TPSA) is 113 Å². The van der Waals surface area contributed by atoms with Crippen molar-refractivity contribution in [3.8, 4) is 11.5 Å². The van der Waals surface area contributed by atoms with Gasteiger partial charge in [0.15, 0.2) is 11.5 Å². The van der Waals surface area contributed by atoms with Gasteiger partial charge in [-0.1, -0.05) is 18.2 Å². The summed E-state index contributed by atoms with van der Waals surface area (Å²) < 4.78 is 10.5. The second kappa shape index (κ2) is 11.9. The van der Waals surface area contributed by atoms with Crippen LogP contribution in [0.3, 0.4) is 0 Å². The summed E-state index contributed by atoms with van der Waals surface area (Å²) in [5.74, 6) is -0.0756. The highest BCUT2D eigenvalue weighted by molar-refractivity contribution is 6.08. The van der Waals surface area contributed by atoms with E-state index in [0.717, 1.165) is 5.69 Å². The minimum absolute atomic E-state index is 0.136. The third-order valence-corrected chi connectivity index (χ3v) is 6.09. The molecule has 0 bridgehead atoms. The predicted molar refractivity (Wildman–Crippen MR) is 139 cm³/mol. The zero-order valence-corrected chi connectivity index (χ0v) is 20.8. The first-order valence-electron chi connectivity index (χ1n) is 11.8. The van der Waals surface area contributed by atoms with Gasteiger partial charge >= 0.3 is 0 Å². The smallest absolute Gasteiger partial charge is 0.257 e. The molecule has 1 saturated heterocycles. The Kier molecular flexibility index (Phi) is 8.19. The maximum absolute atomic E-state index is 12.9. The number of piperazine rings is 1. The van der Waals surface area contributed by atoms with E-state index in [0.29, 0.717) is 54.5 Å². The average Bonchev–Trinajstić information content (AvgIpc) is 2.95. The second-order valence-corrected chi connectivity index (χ2v) is 8.30. The highest BCUT2D eigenvalue weighted by atomic mass is 16.5. The van der Waals surface area contributed by atoms with Gasteiger partial charge in [0, 0.05) is 38.1 Å². The molecule has 1 aromatic heterocycles. The average molecular weight is 504 g/mol. The summed E-state index contributed by atoms with van der Waals surface area (Å²) in [6.45, 7) is 1.91. The van der Waals surface area contributed by atoms with E-state index in [-0.39, 0.29) is 18.4 Å². The van der Waals surface area contributed by atoms with Crippen LogP contribution in [-0.4, -0.2) is 74.5 Å². The molecule has 2 aromatic carbocycles. The van der Waals surface area contributed by atoms with Gasteiger partial charge in [-0.25, -0.2) is 0 Å². The number of methoxy groups -OCH3 is 2. The number of ether oxygens (including phenoxy) is 2. The van der Waals surface area contributed by atoms with Crippen molar-refractivity contribution in [1.82, 2.24) is 15.2 Å². The van der Waals surface area contributed by atoms with E-state index in [1.807, 2.05) is 18.2 Å². The number of carbonyl (C=O) groups is 3. The molecular weight excluding hydrogens is 474 g/mol. The monoisotopic (exact) mass is 503 g/mol. The fourth-order valence-corrected chi connectivity index (χ4v) is 4.20. The number of nitrogens with zero attached hydrogens (tertiary/aromatic N) is 3. The summed E-state index contributed by atoms with van der Waals surface area (Å²) in [6.07, 6.45) is 3.24. The van der Waals surface area contributed by atoms with Crippen LogP contribution in [0.5, 0.6) is 11.5 Å². The van der Waals surface area contributed by atoms with Crippen molar-refractivity contribution >= 4 is 29.1 Å². The standard InChI is InChI=1S/C27H29N5O5/c1-36-23-11-5-9-21(25(23)37-2)26(34)29-18-24(33)32-15-13-31(14-16-32)22-10-4-3-8-20(22)27(35)30-19-7-6-12-28-17-19/h3-12,17H,13-16,18H2,1-2H3,(H,29,34)(H,30,35). The van der Waals surface area contributed by atoms with Gasteiger partial charge in [0.2, 0.25) is 5.91 Å². The summed E-state index contributed by atoms with van der Waals surface area (Å²) in [4.78, 5) is 46.2. The molecule has 1 aliphatic heterocycles. The second-order valence-electron chi connectivity index (χ2n) is 8.30. The predicted octanol–water partition coefficient (Wildman–Crippen LogP) is 2.43. The van der Waals surface area contributed by atoms with Crippen LogP contribution < -0.4 is 25.0 Å². The van der Waals surface area contributed by atoms with Crippen molar-refractivity contribution in [2.75, 3.05) is 57.2 Å². The van der Waals surface area contributed by atoms with Crippen LogP contribution in [0.25, 0.3) is 0 Å². The number of anilines is 2. The fourth-order valence-electron chi connectivity index (χ4n) is 4.20. The molecule has 0 spiro atoms. The molecule has 10 heteroatoms. The highest BCUT2D eigenvalue weighted by Gasteiger charge is 2.25. The van der Waals surface area contributed by atoms with Gasteiger partial charge in [-0.2, -0.15) is 0 Å². The molecule has 1 aliphatic rings. The van der Waals surface area contributed by atoms with E-state index in [1.165, 1.54) is 14.2 Å². The van der Waals surface area contributed by atoms with Crippen molar-refractivity contribution in [2.24, 2.45) is 0 Å². The normalized spacial score (nSPS) is 13.0. The molecule has 3 aromatic rings. The minimum atomic E-state index is -0.420. The van der Waals surface area contributed by atoms with Crippen LogP contribution in [0, 0.1) is 0 Å². The Labute approximate surface area is 215 Å². The Morgan fingerprint density at radius 2 is 1.62 bits per heavy atom. The Bertz CT molecular complexity index is 1260. The molecule has 0 unspecified atom stereocenters. The van der Waals surface area contributed by atoms with Gasteiger partial charge in [-0.15, -0.1) is 0 Å². The third kappa shape index (κ3) is 5.97. The lowest BCUT2D eigenvalue weighted by Gasteiger charge is -2.37. The summed E-state index contributed by atoms with van der Waals surface area (Å²) in [6, 6.07) is 15.9. The number of rotatable bonds is 8. The van der Waals surface area contributed by atoms with E-state index < -0.39 is 5.91 Å². The number of nitrogens with one attached hydrogen (secondary N) is 2. The molecule has 0 radical (unpaired) electrons. The number of pyridine rings is 1. The molecule has 1 fully saturated rings. The zero-order valence-electron chi connectivity index (χ0n) is 20.8. The number of amides is 3. The van der Waals surface area contributed by atoms with E-state index in [2.05, 4.69) is 20.5 Å². The Balaban J connectivity index is 1.34. The van der Waals surface area contributed by atoms with Gasteiger partial charge < -0.3 is 29.9 Å². The van der Waals surface area contributed by atoms with Gasteiger partial charge in [-0.3, -0.25) is 19.4 Å². The molecule has 0 aliphatic carbocycles. The van der Waals surface area contributed by atoms with Crippen LogP contribution in [0.2, 0.25) is 0 Å². The fraction of sp³-hybridized carbons (Fsp3) is 0.259. The van der Waals surface area contributed by atoms with Gasteiger partial charge in [0.05, 0.1) is 43.8 Å². The molecule has 0 saturated carbocycles. The largest absolute Gasteiger partial charge is 0.493 e. The maximum atomic E-state index is 12.9. The quantitative estimate of drug-likeness (QED) is 0.485. The number of carbonyl (C=O) groups excluding carboxylic acids is 3. The first-order chi connectivity index (χ1) is 18.0. The molecule has 4 rings (SSSR count). The lowest BCUT2D eigenvalue weighted by molar-refractivity contribution is -0.130. The molecule has 10 nitrogen and oxygen atoms in total. The van der Waals surface area contributed by atoms with Crippen molar-refractivity contribution in [1.29, 1.82) is 0 Å². The van der Waals surface area contributed by atoms with Crippen LogP contribution in [0.1, 0.15) is 20.7 Å². The summed E-state index contributed by atoms with van der Waals surface area (Å²) in [5, 5.41) is 5.55. The van der Waals surface area contributed by atoms with Crippen molar-refractivity contribution in [3.05, 3.63) is 78.1 Å². The van der Waals surface area contributed by atoms with Crippen molar-refractivity contribution < 1.29 is 23.9 Å². The van der Waals surface area contributed by atoms with Crippen LogP contribution in [0.15, 0.2) is 67.0 Å². The highest BCUT2D eigenvalue weighted by Crippen LogP contribution is 2.30. The zero-order chi connectivity index (χ0) is 26.2. The third-order valence-electron chi connectivity index (χ3n) is 6.09. The first kappa shape index (κ1) is 25.5. The molecule has 2 N–H and O–H groups in total. The van der Waals surface area contributed by atoms with Crippen LogP contribution in [-0.2, 0) is 4.79 Å². The lowest BCUT2D eigenvalue weighted by atomic mass is 10.1.